The minimum absolute atomic E-state index is 0.000326. The Morgan fingerprint density at radius 3 is 2.44 bits per heavy atom. The first-order valence-electron chi connectivity index (χ1n) is 4.16. The molecule has 0 saturated heterocycles. The number of hydrogen-bond donors (Lipinski definition) is 2. The van der Waals surface area contributed by atoms with E-state index in [1.54, 1.807) is 0 Å². The van der Waals surface area contributed by atoms with Crippen LogP contribution >= 0.6 is 0 Å². The van der Waals surface area contributed by atoms with Crippen molar-refractivity contribution in [2.45, 2.75) is 12.9 Å². The Hall–Kier alpha value is -1.70. The van der Waals surface area contributed by atoms with Crippen LogP contribution in [0.3, 0.4) is 0 Å². The maximum Gasteiger partial charge on any atom is 0.573 e. The molecular formula is C8H10F3N3O2. The van der Waals surface area contributed by atoms with Crippen molar-refractivity contribution in [3.05, 3.63) is 11.8 Å². The van der Waals surface area contributed by atoms with Crippen molar-refractivity contribution in [2.75, 3.05) is 12.8 Å². The SMILES string of the molecule is COc1cc(OC(F)(F)F)c(N)nc1CN. The predicted molar refractivity (Wildman–Crippen MR) is 49.8 cm³/mol. The molecule has 0 aromatic carbocycles. The van der Waals surface area contributed by atoms with Crippen LogP contribution in [0, 0.1) is 0 Å². The summed E-state index contributed by atoms with van der Waals surface area (Å²) in [6.07, 6.45) is -4.83. The van der Waals surface area contributed by atoms with E-state index in [0.717, 1.165) is 6.07 Å². The summed E-state index contributed by atoms with van der Waals surface area (Å²) in [7, 11) is 1.28. The standard InChI is InChI=1S/C8H10F3N3O2/c1-15-5-2-6(16-8(9,10)11)7(13)14-4(5)3-12/h2H,3,12H2,1H3,(H2,13,14). The summed E-state index contributed by atoms with van der Waals surface area (Å²) < 4.78 is 44.4. The van der Waals surface area contributed by atoms with E-state index in [9.17, 15) is 13.2 Å². The van der Waals surface area contributed by atoms with E-state index in [2.05, 4.69) is 9.72 Å². The van der Waals surface area contributed by atoms with Crippen LogP contribution in [0.15, 0.2) is 6.07 Å². The molecule has 4 N–H and O–H groups in total. The normalized spacial score (nSPS) is 11.3. The van der Waals surface area contributed by atoms with Gasteiger partial charge in [-0.1, -0.05) is 0 Å². The van der Waals surface area contributed by atoms with Crippen molar-refractivity contribution in [3.63, 3.8) is 0 Å². The Morgan fingerprint density at radius 1 is 1.38 bits per heavy atom. The number of pyridine rings is 1. The zero-order chi connectivity index (χ0) is 12.3. The average molecular weight is 237 g/mol. The minimum Gasteiger partial charge on any atom is -0.495 e. The molecule has 0 unspecified atom stereocenters. The third kappa shape index (κ3) is 2.89. The molecule has 8 heteroatoms. The molecule has 0 aliphatic carbocycles. The van der Waals surface area contributed by atoms with Crippen LogP contribution in [0.1, 0.15) is 5.69 Å². The highest BCUT2D eigenvalue weighted by Gasteiger charge is 2.32. The van der Waals surface area contributed by atoms with E-state index in [1.807, 2.05) is 0 Å². The fraction of sp³-hybridized carbons (Fsp3) is 0.375. The lowest BCUT2D eigenvalue weighted by molar-refractivity contribution is -0.274. The average Bonchev–Trinajstić information content (AvgIpc) is 2.18. The second-order valence-corrected chi connectivity index (χ2v) is 2.77. The van der Waals surface area contributed by atoms with Crippen molar-refractivity contribution in [1.82, 2.24) is 4.98 Å². The molecule has 0 spiro atoms. The molecule has 1 aromatic rings. The number of nitrogens with two attached hydrogens (primary N) is 2. The molecule has 0 fully saturated rings. The van der Waals surface area contributed by atoms with Gasteiger partial charge in [0.2, 0.25) is 0 Å². The number of halogens is 3. The number of anilines is 1. The van der Waals surface area contributed by atoms with Crippen LogP contribution in [0.2, 0.25) is 0 Å². The Labute approximate surface area is 89.1 Å². The highest BCUT2D eigenvalue weighted by atomic mass is 19.4. The number of nitrogen functional groups attached to an aromatic ring is 1. The van der Waals surface area contributed by atoms with Gasteiger partial charge in [-0.25, -0.2) is 4.98 Å². The number of methoxy groups -OCH3 is 1. The first kappa shape index (κ1) is 12.4. The fourth-order valence-electron chi connectivity index (χ4n) is 1.06. The summed E-state index contributed by atoms with van der Waals surface area (Å²) in [6.45, 7) is -0.000326. The van der Waals surface area contributed by atoms with Crippen LogP contribution in [0.4, 0.5) is 19.0 Å². The second kappa shape index (κ2) is 4.44. The number of ether oxygens (including phenoxy) is 2. The number of hydrogen-bond acceptors (Lipinski definition) is 5. The van der Waals surface area contributed by atoms with Crippen molar-refractivity contribution in [3.8, 4) is 11.5 Å². The van der Waals surface area contributed by atoms with Crippen LogP contribution in [-0.4, -0.2) is 18.5 Å². The van der Waals surface area contributed by atoms with E-state index < -0.39 is 17.9 Å². The maximum atomic E-state index is 12.0. The summed E-state index contributed by atoms with van der Waals surface area (Å²) in [6, 6.07) is 0.998. The second-order valence-electron chi connectivity index (χ2n) is 2.77. The zero-order valence-electron chi connectivity index (χ0n) is 8.34. The van der Waals surface area contributed by atoms with Gasteiger partial charge >= 0.3 is 6.36 Å². The van der Waals surface area contributed by atoms with Crippen molar-refractivity contribution >= 4 is 5.82 Å². The van der Waals surface area contributed by atoms with E-state index in [-0.39, 0.29) is 18.0 Å². The highest BCUT2D eigenvalue weighted by Crippen LogP contribution is 2.31. The molecule has 1 rings (SSSR count). The van der Waals surface area contributed by atoms with Crippen molar-refractivity contribution in [1.29, 1.82) is 0 Å². The zero-order valence-corrected chi connectivity index (χ0v) is 8.34. The Balaban J connectivity index is 3.11. The summed E-state index contributed by atoms with van der Waals surface area (Å²) in [5, 5.41) is 0. The molecule has 0 aliphatic rings. The number of alkyl halides is 3. The van der Waals surface area contributed by atoms with Gasteiger partial charge in [0.25, 0.3) is 0 Å². The summed E-state index contributed by atoms with van der Waals surface area (Å²) in [5.74, 6) is -0.906. The quantitative estimate of drug-likeness (QED) is 0.820. The molecule has 16 heavy (non-hydrogen) atoms. The summed E-state index contributed by atoms with van der Waals surface area (Å²) >= 11 is 0. The van der Waals surface area contributed by atoms with Gasteiger partial charge in [-0.15, -0.1) is 13.2 Å². The molecule has 90 valence electrons. The number of nitrogens with zero attached hydrogens (tertiary/aromatic N) is 1. The molecule has 1 heterocycles. The third-order valence-electron chi connectivity index (χ3n) is 1.69. The van der Waals surface area contributed by atoms with Gasteiger partial charge in [0.05, 0.1) is 12.8 Å². The van der Waals surface area contributed by atoms with E-state index in [0.29, 0.717) is 0 Å². The molecular weight excluding hydrogens is 227 g/mol. The van der Waals surface area contributed by atoms with Gasteiger partial charge < -0.3 is 20.9 Å². The smallest absolute Gasteiger partial charge is 0.495 e. The Morgan fingerprint density at radius 2 is 2.00 bits per heavy atom. The molecule has 0 radical (unpaired) electrons. The number of aromatic nitrogens is 1. The van der Waals surface area contributed by atoms with Crippen molar-refractivity contribution in [2.24, 2.45) is 5.73 Å². The maximum absolute atomic E-state index is 12.0. The lowest BCUT2D eigenvalue weighted by Crippen LogP contribution is -2.19. The van der Waals surface area contributed by atoms with Crippen LogP contribution < -0.4 is 20.9 Å². The third-order valence-corrected chi connectivity index (χ3v) is 1.69. The lowest BCUT2D eigenvalue weighted by Gasteiger charge is -2.13. The summed E-state index contributed by atoms with van der Waals surface area (Å²) in [4.78, 5) is 3.65. The van der Waals surface area contributed by atoms with Gasteiger partial charge in [0, 0.05) is 12.6 Å². The molecule has 0 amide bonds. The lowest BCUT2D eigenvalue weighted by atomic mass is 10.3. The van der Waals surface area contributed by atoms with E-state index >= 15 is 0 Å². The van der Waals surface area contributed by atoms with Gasteiger partial charge in [-0.3, -0.25) is 0 Å². The number of rotatable bonds is 3. The van der Waals surface area contributed by atoms with Gasteiger partial charge in [0.15, 0.2) is 11.6 Å². The highest BCUT2D eigenvalue weighted by molar-refractivity contribution is 5.51. The van der Waals surface area contributed by atoms with Crippen molar-refractivity contribution < 1.29 is 22.6 Å². The minimum atomic E-state index is -4.83. The predicted octanol–water partition coefficient (Wildman–Crippen LogP) is 1.03. The topological polar surface area (TPSA) is 83.4 Å². The van der Waals surface area contributed by atoms with Crippen LogP contribution in [0.25, 0.3) is 0 Å². The van der Waals surface area contributed by atoms with E-state index in [4.69, 9.17) is 16.2 Å². The largest absolute Gasteiger partial charge is 0.573 e. The monoisotopic (exact) mass is 237 g/mol. The molecule has 1 aromatic heterocycles. The van der Waals surface area contributed by atoms with Crippen LogP contribution in [-0.2, 0) is 6.54 Å². The van der Waals surface area contributed by atoms with Gasteiger partial charge in [-0.2, -0.15) is 0 Å². The van der Waals surface area contributed by atoms with Crippen LogP contribution in [0.5, 0.6) is 11.5 Å². The first-order chi connectivity index (χ1) is 7.37. The molecule has 5 nitrogen and oxygen atoms in total. The van der Waals surface area contributed by atoms with E-state index in [1.165, 1.54) is 7.11 Å². The molecule has 0 saturated carbocycles. The Bertz CT molecular complexity index is 382. The Kier molecular flexibility index (Phi) is 3.43. The summed E-state index contributed by atoms with van der Waals surface area (Å²) in [5.41, 5.74) is 10.9. The molecule has 0 atom stereocenters. The van der Waals surface area contributed by atoms with Gasteiger partial charge in [0.1, 0.15) is 5.75 Å². The molecule has 0 aliphatic heterocycles. The van der Waals surface area contributed by atoms with Gasteiger partial charge in [-0.05, 0) is 0 Å². The fourth-order valence-corrected chi connectivity index (χ4v) is 1.06. The molecule has 0 bridgehead atoms. The first-order valence-corrected chi connectivity index (χ1v) is 4.16.